The fraction of sp³-hybridized carbons (Fsp3) is 0.300. The van der Waals surface area contributed by atoms with E-state index >= 15 is 0 Å². The molecule has 16 heavy (non-hydrogen) atoms. The molecule has 0 radical (unpaired) electrons. The van der Waals surface area contributed by atoms with Crippen molar-refractivity contribution in [2.75, 3.05) is 18.1 Å². The van der Waals surface area contributed by atoms with Gasteiger partial charge in [-0.25, -0.2) is 8.42 Å². The lowest BCUT2D eigenvalue weighted by Gasteiger charge is -2.02. The molecule has 1 aromatic carbocycles. The number of benzene rings is 1. The van der Waals surface area contributed by atoms with E-state index in [1.807, 2.05) is 0 Å². The van der Waals surface area contributed by atoms with Crippen molar-refractivity contribution in [3.63, 3.8) is 0 Å². The zero-order valence-electron chi connectivity index (χ0n) is 8.52. The van der Waals surface area contributed by atoms with Crippen LogP contribution in [0.4, 0.5) is 0 Å². The average Bonchev–Trinajstić information content (AvgIpc) is 2.17. The van der Waals surface area contributed by atoms with Gasteiger partial charge in [0.05, 0.1) is 5.75 Å². The molecule has 0 heterocycles. The van der Waals surface area contributed by atoms with Crippen molar-refractivity contribution in [2.45, 2.75) is 0 Å². The van der Waals surface area contributed by atoms with Gasteiger partial charge in [-0.2, -0.15) is 0 Å². The average molecular weight is 262 g/mol. The van der Waals surface area contributed by atoms with Crippen molar-refractivity contribution in [1.29, 1.82) is 0 Å². The lowest BCUT2D eigenvalue weighted by atomic mass is 10.1. The first-order valence-electron chi connectivity index (χ1n) is 4.64. The first-order valence-corrected chi connectivity index (χ1v) is 6.84. The Morgan fingerprint density at radius 1 is 1.25 bits per heavy atom. The number of halogens is 1. The summed E-state index contributed by atoms with van der Waals surface area (Å²) < 4.78 is 22.7. The van der Waals surface area contributed by atoms with E-state index < -0.39 is 21.4 Å². The number of Topliss-reactive ketones (excluding diaryl/α,β-unsaturated/α-hetero) is 1. The molecule has 6 heteroatoms. The Labute approximate surface area is 99.3 Å². The Kier molecular flexibility index (Phi) is 4.46. The molecule has 1 rings (SSSR count). The van der Waals surface area contributed by atoms with Crippen LogP contribution in [0.25, 0.3) is 0 Å². The predicted octanol–water partition coefficient (Wildman–Crippen LogP) is 0.896. The molecule has 0 unspecified atom stereocenters. The van der Waals surface area contributed by atoms with Crippen molar-refractivity contribution < 1.29 is 13.2 Å². The van der Waals surface area contributed by atoms with E-state index in [4.69, 9.17) is 17.3 Å². The van der Waals surface area contributed by atoms with Gasteiger partial charge in [0.15, 0.2) is 15.6 Å². The first kappa shape index (κ1) is 13.2. The monoisotopic (exact) mass is 261 g/mol. The van der Waals surface area contributed by atoms with Crippen molar-refractivity contribution in [3.8, 4) is 0 Å². The van der Waals surface area contributed by atoms with Crippen molar-refractivity contribution >= 4 is 27.2 Å². The largest absolute Gasteiger partial charge is 0.329 e. The zero-order chi connectivity index (χ0) is 12.2. The Hall–Kier alpha value is -0.910. The van der Waals surface area contributed by atoms with Gasteiger partial charge in [0.25, 0.3) is 0 Å². The second-order valence-electron chi connectivity index (χ2n) is 3.31. The maximum atomic E-state index is 11.6. The van der Waals surface area contributed by atoms with Gasteiger partial charge >= 0.3 is 0 Å². The molecular weight excluding hydrogens is 250 g/mol. The fourth-order valence-electron chi connectivity index (χ4n) is 1.17. The van der Waals surface area contributed by atoms with Crippen LogP contribution in [0.15, 0.2) is 24.3 Å². The standard InChI is InChI=1S/C10H12ClNO3S/c11-9-3-1-8(2-4-9)10(13)7-16(14,15)6-5-12/h1-4H,5-7,12H2. The number of carbonyl (C=O) groups is 1. The first-order chi connectivity index (χ1) is 7.44. The van der Waals surface area contributed by atoms with Crippen LogP contribution in [-0.2, 0) is 9.84 Å². The van der Waals surface area contributed by atoms with E-state index in [0.29, 0.717) is 10.6 Å². The van der Waals surface area contributed by atoms with Gasteiger partial charge in [0.1, 0.15) is 5.75 Å². The lowest BCUT2D eigenvalue weighted by Crippen LogP contribution is -2.23. The molecule has 88 valence electrons. The van der Waals surface area contributed by atoms with E-state index in [9.17, 15) is 13.2 Å². The summed E-state index contributed by atoms with van der Waals surface area (Å²) in [7, 11) is -3.40. The van der Waals surface area contributed by atoms with Gasteiger partial charge in [0.2, 0.25) is 0 Å². The Bertz CT molecular complexity index is 467. The van der Waals surface area contributed by atoms with Crippen LogP contribution in [0.2, 0.25) is 5.02 Å². The van der Waals surface area contributed by atoms with Gasteiger partial charge in [-0.3, -0.25) is 4.79 Å². The molecule has 4 nitrogen and oxygen atoms in total. The third kappa shape index (κ3) is 3.92. The number of ketones is 1. The highest BCUT2D eigenvalue weighted by Gasteiger charge is 2.16. The van der Waals surface area contributed by atoms with Crippen LogP contribution >= 0.6 is 11.6 Å². The summed E-state index contributed by atoms with van der Waals surface area (Å²) in [5.41, 5.74) is 5.48. The van der Waals surface area contributed by atoms with Crippen LogP contribution in [0.3, 0.4) is 0 Å². The fourth-order valence-corrected chi connectivity index (χ4v) is 2.37. The van der Waals surface area contributed by atoms with Crippen molar-refractivity contribution in [2.24, 2.45) is 5.73 Å². The third-order valence-corrected chi connectivity index (χ3v) is 3.76. The van der Waals surface area contributed by atoms with Crippen molar-refractivity contribution in [3.05, 3.63) is 34.9 Å². The second kappa shape index (κ2) is 5.43. The molecular formula is C10H12ClNO3S. The van der Waals surface area contributed by atoms with Crippen LogP contribution < -0.4 is 5.73 Å². The Morgan fingerprint density at radius 2 is 1.81 bits per heavy atom. The highest BCUT2D eigenvalue weighted by atomic mass is 35.5. The molecule has 2 N–H and O–H groups in total. The summed E-state index contributed by atoms with van der Waals surface area (Å²) in [6.07, 6.45) is 0. The number of nitrogens with two attached hydrogens (primary N) is 1. The minimum Gasteiger partial charge on any atom is -0.329 e. The van der Waals surface area contributed by atoms with Crippen molar-refractivity contribution in [1.82, 2.24) is 0 Å². The number of rotatable bonds is 5. The van der Waals surface area contributed by atoms with Crippen LogP contribution in [0.5, 0.6) is 0 Å². The maximum Gasteiger partial charge on any atom is 0.177 e. The summed E-state index contributed by atoms with van der Waals surface area (Å²) >= 11 is 5.65. The number of hydrogen-bond donors (Lipinski definition) is 1. The van der Waals surface area contributed by atoms with Gasteiger partial charge in [-0.05, 0) is 24.3 Å². The summed E-state index contributed by atoms with van der Waals surface area (Å²) in [6, 6.07) is 6.10. The smallest absolute Gasteiger partial charge is 0.177 e. The summed E-state index contributed by atoms with van der Waals surface area (Å²) in [4.78, 5) is 11.6. The highest BCUT2D eigenvalue weighted by molar-refractivity contribution is 7.92. The second-order valence-corrected chi connectivity index (χ2v) is 5.93. The summed E-state index contributed by atoms with van der Waals surface area (Å²) in [5.74, 6) is -1.12. The number of sulfone groups is 1. The molecule has 0 aliphatic rings. The molecule has 0 bridgehead atoms. The molecule has 0 spiro atoms. The summed E-state index contributed by atoms with van der Waals surface area (Å²) in [5, 5.41) is 0.501. The van der Waals surface area contributed by atoms with Crippen LogP contribution in [0, 0.1) is 0 Å². The van der Waals surface area contributed by atoms with Gasteiger partial charge in [-0.15, -0.1) is 0 Å². The Balaban J connectivity index is 2.77. The highest BCUT2D eigenvalue weighted by Crippen LogP contribution is 2.10. The molecule has 0 aliphatic heterocycles. The van der Waals surface area contributed by atoms with Gasteiger partial charge in [-0.1, -0.05) is 11.6 Å². The van der Waals surface area contributed by atoms with E-state index in [1.165, 1.54) is 12.1 Å². The molecule has 0 fully saturated rings. The van der Waals surface area contributed by atoms with E-state index in [1.54, 1.807) is 12.1 Å². The molecule has 0 aromatic heterocycles. The Morgan fingerprint density at radius 3 is 2.31 bits per heavy atom. The van der Waals surface area contributed by atoms with E-state index in [2.05, 4.69) is 0 Å². The normalized spacial score (nSPS) is 11.4. The molecule has 0 amide bonds. The lowest BCUT2D eigenvalue weighted by molar-refractivity contribution is 0.102. The number of hydrogen-bond acceptors (Lipinski definition) is 4. The molecule has 0 saturated heterocycles. The molecule has 0 atom stereocenters. The predicted molar refractivity (Wildman–Crippen MR) is 63.5 cm³/mol. The third-order valence-electron chi connectivity index (χ3n) is 1.95. The van der Waals surface area contributed by atoms with Crippen LogP contribution in [0.1, 0.15) is 10.4 Å². The summed E-state index contributed by atoms with van der Waals surface area (Å²) in [6.45, 7) is 0.0240. The van der Waals surface area contributed by atoms with E-state index in [-0.39, 0.29) is 12.3 Å². The van der Waals surface area contributed by atoms with Gasteiger partial charge < -0.3 is 5.73 Å². The van der Waals surface area contributed by atoms with Crippen LogP contribution in [-0.4, -0.2) is 32.3 Å². The molecule has 0 aliphatic carbocycles. The topological polar surface area (TPSA) is 77.2 Å². The molecule has 1 aromatic rings. The van der Waals surface area contributed by atoms with E-state index in [0.717, 1.165) is 0 Å². The minimum absolute atomic E-state index is 0.0240. The molecule has 0 saturated carbocycles. The zero-order valence-corrected chi connectivity index (χ0v) is 10.1. The number of carbonyl (C=O) groups excluding carboxylic acids is 1. The quantitative estimate of drug-likeness (QED) is 0.799. The SMILES string of the molecule is NCCS(=O)(=O)CC(=O)c1ccc(Cl)cc1. The van der Waals surface area contributed by atoms with Gasteiger partial charge in [0, 0.05) is 17.1 Å². The maximum absolute atomic E-state index is 11.6. The minimum atomic E-state index is -3.40.